The molecule has 0 saturated carbocycles. The third kappa shape index (κ3) is 5.27. The highest BCUT2D eigenvalue weighted by Crippen LogP contribution is 2.27. The highest BCUT2D eigenvalue weighted by Gasteiger charge is 2.05. The van der Waals surface area contributed by atoms with E-state index in [1.54, 1.807) is 24.4 Å². The number of carbonyl (C=O) groups excluding carboxylic acids is 1. The summed E-state index contributed by atoms with van der Waals surface area (Å²) in [4.78, 5) is 11.7. The first-order chi connectivity index (χ1) is 11.0. The van der Waals surface area contributed by atoms with Crippen LogP contribution in [0.1, 0.15) is 16.7 Å². The van der Waals surface area contributed by atoms with Crippen molar-refractivity contribution in [3.63, 3.8) is 0 Å². The molecular formula is C17H16Cl2N2O2. The molecule has 0 fully saturated rings. The van der Waals surface area contributed by atoms with Gasteiger partial charge in [0.2, 0.25) is 0 Å². The summed E-state index contributed by atoms with van der Waals surface area (Å²) in [5, 5.41) is 4.78. The first-order valence-corrected chi connectivity index (χ1v) is 7.68. The van der Waals surface area contributed by atoms with Crippen molar-refractivity contribution >= 4 is 35.3 Å². The summed E-state index contributed by atoms with van der Waals surface area (Å²) >= 11 is 11.7. The highest BCUT2D eigenvalue weighted by atomic mass is 35.5. The van der Waals surface area contributed by atoms with Gasteiger partial charge in [-0.1, -0.05) is 47.0 Å². The Labute approximate surface area is 145 Å². The van der Waals surface area contributed by atoms with Gasteiger partial charge in [0, 0.05) is 5.02 Å². The van der Waals surface area contributed by atoms with E-state index in [-0.39, 0.29) is 12.5 Å². The van der Waals surface area contributed by atoms with E-state index in [0.29, 0.717) is 15.8 Å². The second-order valence-corrected chi connectivity index (χ2v) is 5.86. The van der Waals surface area contributed by atoms with Gasteiger partial charge in [0.05, 0.1) is 11.2 Å². The predicted molar refractivity (Wildman–Crippen MR) is 93.6 cm³/mol. The summed E-state index contributed by atoms with van der Waals surface area (Å²) in [6.07, 6.45) is 1.60. The molecule has 0 unspecified atom stereocenters. The van der Waals surface area contributed by atoms with E-state index < -0.39 is 0 Å². The normalized spacial score (nSPS) is 10.8. The van der Waals surface area contributed by atoms with Crippen LogP contribution in [-0.4, -0.2) is 18.7 Å². The smallest absolute Gasteiger partial charge is 0.277 e. The molecule has 2 aromatic carbocycles. The fraction of sp³-hybridized carbons (Fsp3) is 0.176. The second kappa shape index (κ2) is 7.99. The molecule has 0 aliphatic carbocycles. The van der Waals surface area contributed by atoms with Crippen LogP contribution in [-0.2, 0) is 4.79 Å². The average molecular weight is 351 g/mol. The zero-order chi connectivity index (χ0) is 16.8. The van der Waals surface area contributed by atoms with Crippen molar-refractivity contribution in [1.82, 2.24) is 5.43 Å². The fourth-order valence-corrected chi connectivity index (χ4v) is 2.38. The van der Waals surface area contributed by atoms with Gasteiger partial charge in [-0.25, -0.2) is 5.43 Å². The molecule has 6 heteroatoms. The Morgan fingerprint density at radius 2 is 2.00 bits per heavy atom. The maximum atomic E-state index is 11.7. The minimum atomic E-state index is -0.378. The van der Waals surface area contributed by atoms with Gasteiger partial charge in [0.25, 0.3) is 5.91 Å². The molecule has 0 saturated heterocycles. The molecule has 1 N–H and O–H groups in total. The first-order valence-electron chi connectivity index (χ1n) is 6.92. The molecule has 0 spiro atoms. The largest absolute Gasteiger partial charge is 0.482 e. The minimum Gasteiger partial charge on any atom is -0.482 e. The SMILES string of the molecule is Cc1ccc(C=NNC(=O)COc2ccc(Cl)cc2Cl)c(C)c1. The molecule has 0 heterocycles. The van der Waals surface area contributed by atoms with Crippen molar-refractivity contribution < 1.29 is 9.53 Å². The maximum Gasteiger partial charge on any atom is 0.277 e. The van der Waals surface area contributed by atoms with E-state index in [9.17, 15) is 4.79 Å². The Kier molecular flexibility index (Phi) is 6.02. The Morgan fingerprint density at radius 3 is 2.70 bits per heavy atom. The number of hydrazone groups is 1. The number of hydrogen-bond donors (Lipinski definition) is 1. The van der Waals surface area contributed by atoms with Crippen molar-refractivity contribution in [2.24, 2.45) is 5.10 Å². The van der Waals surface area contributed by atoms with Crippen molar-refractivity contribution in [3.05, 3.63) is 63.1 Å². The van der Waals surface area contributed by atoms with Crippen molar-refractivity contribution in [2.75, 3.05) is 6.61 Å². The molecule has 0 bridgehead atoms. The summed E-state index contributed by atoms with van der Waals surface area (Å²) in [7, 11) is 0. The van der Waals surface area contributed by atoms with Crippen molar-refractivity contribution in [2.45, 2.75) is 13.8 Å². The van der Waals surface area contributed by atoms with Gasteiger partial charge in [0.1, 0.15) is 5.75 Å². The van der Waals surface area contributed by atoms with Gasteiger partial charge in [-0.15, -0.1) is 0 Å². The second-order valence-electron chi connectivity index (χ2n) is 5.02. The summed E-state index contributed by atoms with van der Waals surface area (Å²) in [6.45, 7) is 3.82. The summed E-state index contributed by atoms with van der Waals surface area (Å²) in [5.74, 6) is 0.0154. The van der Waals surface area contributed by atoms with E-state index in [0.717, 1.165) is 11.1 Å². The molecule has 4 nitrogen and oxygen atoms in total. The van der Waals surface area contributed by atoms with Crippen molar-refractivity contribution in [3.8, 4) is 5.75 Å². The highest BCUT2D eigenvalue weighted by molar-refractivity contribution is 6.35. The topological polar surface area (TPSA) is 50.7 Å². The Morgan fingerprint density at radius 1 is 1.22 bits per heavy atom. The quantitative estimate of drug-likeness (QED) is 0.650. The van der Waals surface area contributed by atoms with Gasteiger partial charge in [-0.2, -0.15) is 5.10 Å². The van der Waals surface area contributed by atoms with Crippen LogP contribution in [0.4, 0.5) is 0 Å². The van der Waals surface area contributed by atoms with E-state index >= 15 is 0 Å². The summed E-state index contributed by atoms with van der Waals surface area (Å²) in [5.41, 5.74) is 5.62. The fourth-order valence-electron chi connectivity index (χ4n) is 1.91. The molecule has 0 aliphatic rings. The lowest BCUT2D eigenvalue weighted by Crippen LogP contribution is -2.24. The van der Waals surface area contributed by atoms with Gasteiger partial charge < -0.3 is 4.74 Å². The van der Waals surface area contributed by atoms with Crippen LogP contribution < -0.4 is 10.2 Å². The van der Waals surface area contributed by atoms with Gasteiger partial charge in [-0.3, -0.25) is 4.79 Å². The monoisotopic (exact) mass is 350 g/mol. The number of ether oxygens (including phenoxy) is 1. The van der Waals surface area contributed by atoms with Crippen LogP contribution in [0.25, 0.3) is 0 Å². The summed E-state index contributed by atoms with van der Waals surface area (Å²) in [6, 6.07) is 10.8. The molecule has 23 heavy (non-hydrogen) atoms. The lowest BCUT2D eigenvalue weighted by molar-refractivity contribution is -0.123. The van der Waals surface area contributed by atoms with Gasteiger partial charge in [-0.05, 0) is 43.2 Å². The molecule has 2 aromatic rings. The zero-order valence-corrected chi connectivity index (χ0v) is 14.3. The lowest BCUT2D eigenvalue weighted by atomic mass is 10.1. The first kappa shape index (κ1) is 17.3. The Hall–Kier alpha value is -2.04. The number of aryl methyl sites for hydroxylation is 2. The molecule has 0 atom stereocenters. The van der Waals surface area contributed by atoms with Crippen LogP contribution >= 0.6 is 23.2 Å². The molecule has 120 valence electrons. The van der Waals surface area contributed by atoms with Crippen molar-refractivity contribution in [1.29, 1.82) is 0 Å². The van der Waals surface area contributed by atoms with Crippen LogP contribution in [0.15, 0.2) is 41.5 Å². The molecular weight excluding hydrogens is 335 g/mol. The number of hydrogen-bond acceptors (Lipinski definition) is 3. The zero-order valence-electron chi connectivity index (χ0n) is 12.8. The number of rotatable bonds is 5. The number of nitrogens with one attached hydrogen (secondary N) is 1. The summed E-state index contributed by atoms with van der Waals surface area (Å²) < 4.78 is 5.32. The van der Waals surface area contributed by atoms with E-state index in [1.807, 2.05) is 26.0 Å². The number of nitrogens with zero attached hydrogens (tertiary/aromatic N) is 1. The predicted octanol–water partition coefficient (Wildman–Crippen LogP) is 4.14. The number of carbonyl (C=O) groups is 1. The van der Waals surface area contributed by atoms with E-state index in [2.05, 4.69) is 16.6 Å². The molecule has 0 radical (unpaired) electrons. The van der Waals surface area contributed by atoms with Crippen LogP contribution in [0.3, 0.4) is 0 Å². The standard InChI is InChI=1S/C17H16Cl2N2O2/c1-11-3-4-13(12(2)7-11)9-20-21-17(22)10-23-16-6-5-14(18)8-15(16)19/h3-9H,10H2,1-2H3,(H,21,22). The van der Waals surface area contributed by atoms with Gasteiger partial charge >= 0.3 is 0 Å². The molecule has 1 amide bonds. The lowest BCUT2D eigenvalue weighted by Gasteiger charge is -2.07. The third-order valence-corrected chi connectivity index (χ3v) is 3.60. The third-order valence-electron chi connectivity index (χ3n) is 3.07. The molecule has 2 rings (SSSR count). The average Bonchev–Trinajstić information content (AvgIpc) is 2.48. The number of amides is 1. The number of benzene rings is 2. The molecule has 0 aromatic heterocycles. The maximum absolute atomic E-state index is 11.7. The van der Waals surface area contributed by atoms with E-state index in [1.165, 1.54) is 5.56 Å². The van der Waals surface area contributed by atoms with Crippen LogP contribution in [0.5, 0.6) is 5.75 Å². The number of halogens is 2. The molecule has 0 aliphatic heterocycles. The Balaban J connectivity index is 1.86. The van der Waals surface area contributed by atoms with Crippen LogP contribution in [0, 0.1) is 13.8 Å². The van der Waals surface area contributed by atoms with E-state index in [4.69, 9.17) is 27.9 Å². The van der Waals surface area contributed by atoms with Crippen LogP contribution in [0.2, 0.25) is 10.0 Å². The van der Waals surface area contributed by atoms with Gasteiger partial charge in [0.15, 0.2) is 6.61 Å². The Bertz CT molecular complexity index is 745. The minimum absolute atomic E-state index is 0.189.